The number of rotatable bonds is 6. The Hall–Kier alpha value is -4.07. The summed E-state index contributed by atoms with van der Waals surface area (Å²) in [5.41, 5.74) is 0.769. The average Bonchev–Trinajstić information content (AvgIpc) is 3.41. The quantitative estimate of drug-likeness (QED) is 0.538. The van der Waals surface area contributed by atoms with Gasteiger partial charge in [-0.05, 0) is 36.2 Å². The fourth-order valence-electron chi connectivity index (χ4n) is 3.56. The lowest BCUT2D eigenvalue weighted by atomic mass is 10.0. The zero-order valence-electron chi connectivity index (χ0n) is 17.4. The summed E-state index contributed by atoms with van der Waals surface area (Å²) >= 11 is 0. The van der Waals surface area contributed by atoms with Gasteiger partial charge in [0.1, 0.15) is 28.6 Å². The first kappa shape index (κ1) is 19.9. The first-order valence-corrected chi connectivity index (χ1v) is 10.0. The Bertz CT molecular complexity index is 1200. The molecule has 8 nitrogen and oxygen atoms in total. The van der Waals surface area contributed by atoms with E-state index in [0.29, 0.717) is 34.5 Å². The van der Waals surface area contributed by atoms with Crippen LogP contribution >= 0.6 is 0 Å². The van der Waals surface area contributed by atoms with Gasteiger partial charge in [-0.15, -0.1) is 0 Å². The first-order chi connectivity index (χ1) is 15.5. The molecular formula is C24H20O8. The van der Waals surface area contributed by atoms with Crippen LogP contribution in [0.4, 0.5) is 0 Å². The predicted molar refractivity (Wildman–Crippen MR) is 113 cm³/mol. The van der Waals surface area contributed by atoms with Crippen molar-refractivity contribution in [2.45, 2.75) is 19.8 Å². The third-order valence-corrected chi connectivity index (χ3v) is 5.12. The van der Waals surface area contributed by atoms with Crippen LogP contribution < -0.4 is 28.4 Å². The second kappa shape index (κ2) is 7.88. The van der Waals surface area contributed by atoms with E-state index < -0.39 is 5.97 Å². The molecule has 0 saturated carbocycles. The summed E-state index contributed by atoms with van der Waals surface area (Å²) in [5, 5.41) is 9.94. The molecule has 0 aliphatic carbocycles. The molecule has 1 N–H and O–H groups in total. The van der Waals surface area contributed by atoms with Crippen molar-refractivity contribution in [3.63, 3.8) is 0 Å². The number of benzene rings is 3. The highest BCUT2D eigenvalue weighted by molar-refractivity contribution is 5.94. The highest BCUT2D eigenvalue weighted by atomic mass is 16.7. The molecule has 0 saturated heterocycles. The Kier molecular flexibility index (Phi) is 4.89. The van der Waals surface area contributed by atoms with Crippen LogP contribution in [0, 0.1) is 0 Å². The van der Waals surface area contributed by atoms with Gasteiger partial charge in [0.15, 0.2) is 23.0 Å². The van der Waals surface area contributed by atoms with Gasteiger partial charge in [-0.2, -0.15) is 0 Å². The lowest BCUT2D eigenvalue weighted by Gasteiger charge is -2.17. The van der Waals surface area contributed by atoms with Gasteiger partial charge in [-0.3, -0.25) is 0 Å². The number of fused-ring (bicyclic) bond motifs is 2. The van der Waals surface area contributed by atoms with Crippen LogP contribution in [0.1, 0.15) is 35.7 Å². The minimum atomic E-state index is -1.18. The molecular weight excluding hydrogens is 416 g/mol. The standard InChI is InChI=1S/C24H20O8/c1-13(2)15-9-21-22(30-12-29-21)10-19(15)32-18-5-3-4-17(23(18)24(25)26)31-14-6-7-16-20(8-14)28-11-27-16/h3-10,13H,11-12H2,1-2H3,(H,25,26). The lowest BCUT2D eigenvalue weighted by molar-refractivity contribution is 0.0691. The Balaban J connectivity index is 1.51. The largest absolute Gasteiger partial charge is 0.477 e. The fraction of sp³-hybridized carbons (Fsp3) is 0.208. The SMILES string of the molecule is CC(C)c1cc2c(cc1Oc1cccc(Oc3ccc4c(c3)OCO4)c1C(=O)O)OCO2. The number of ether oxygens (including phenoxy) is 6. The molecule has 3 aromatic carbocycles. The van der Waals surface area contributed by atoms with Crippen LogP contribution in [0.2, 0.25) is 0 Å². The molecule has 2 aliphatic heterocycles. The number of aromatic carboxylic acids is 1. The number of carboxylic acid groups (broad SMARTS) is 1. The van der Waals surface area contributed by atoms with Crippen molar-refractivity contribution >= 4 is 5.97 Å². The van der Waals surface area contributed by atoms with E-state index in [1.807, 2.05) is 19.9 Å². The summed E-state index contributed by atoms with van der Waals surface area (Å²) in [6.07, 6.45) is 0. The van der Waals surface area contributed by atoms with Crippen LogP contribution in [0.25, 0.3) is 0 Å². The maximum absolute atomic E-state index is 12.2. The summed E-state index contributed by atoms with van der Waals surface area (Å²) in [6.45, 7) is 4.30. The van der Waals surface area contributed by atoms with Crippen molar-refractivity contribution in [1.82, 2.24) is 0 Å². The third kappa shape index (κ3) is 3.60. The highest BCUT2D eigenvalue weighted by Gasteiger charge is 2.24. The van der Waals surface area contributed by atoms with Crippen LogP contribution in [0.5, 0.6) is 46.0 Å². The predicted octanol–water partition coefficient (Wildman–Crippen LogP) is 5.55. The molecule has 0 unspecified atom stereocenters. The minimum Gasteiger partial charge on any atom is -0.477 e. The van der Waals surface area contributed by atoms with E-state index >= 15 is 0 Å². The molecule has 3 aromatic rings. The van der Waals surface area contributed by atoms with Crippen molar-refractivity contribution in [3.05, 3.63) is 59.7 Å². The van der Waals surface area contributed by atoms with E-state index in [0.717, 1.165) is 5.56 Å². The molecule has 0 fully saturated rings. The molecule has 2 aliphatic rings. The zero-order valence-corrected chi connectivity index (χ0v) is 17.4. The summed E-state index contributed by atoms with van der Waals surface area (Å²) in [5.74, 6) is 2.46. The normalized spacial score (nSPS) is 13.3. The molecule has 164 valence electrons. The number of carbonyl (C=O) groups is 1. The van der Waals surface area contributed by atoms with Crippen LogP contribution in [0.15, 0.2) is 48.5 Å². The van der Waals surface area contributed by atoms with E-state index in [1.54, 1.807) is 42.5 Å². The molecule has 0 atom stereocenters. The monoisotopic (exact) mass is 436 g/mol. The van der Waals surface area contributed by atoms with Gasteiger partial charge in [-0.25, -0.2) is 4.79 Å². The molecule has 0 radical (unpaired) electrons. The Labute approximate surface area is 183 Å². The summed E-state index contributed by atoms with van der Waals surface area (Å²) < 4.78 is 33.6. The van der Waals surface area contributed by atoms with Crippen molar-refractivity contribution in [3.8, 4) is 46.0 Å². The fourth-order valence-corrected chi connectivity index (χ4v) is 3.56. The first-order valence-electron chi connectivity index (χ1n) is 10.0. The van der Waals surface area contributed by atoms with Crippen molar-refractivity contribution < 1.29 is 38.3 Å². The molecule has 0 spiro atoms. The van der Waals surface area contributed by atoms with E-state index in [9.17, 15) is 9.90 Å². The Morgan fingerprint density at radius 1 is 0.812 bits per heavy atom. The van der Waals surface area contributed by atoms with E-state index in [1.165, 1.54) is 0 Å². The van der Waals surface area contributed by atoms with E-state index in [2.05, 4.69) is 0 Å². The number of hydrogen-bond acceptors (Lipinski definition) is 7. The minimum absolute atomic E-state index is 0.0995. The van der Waals surface area contributed by atoms with Gasteiger partial charge in [0.25, 0.3) is 0 Å². The molecule has 32 heavy (non-hydrogen) atoms. The van der Waals surface area contributed by atoms with Crippen molar-refractivity contribution in [2.75, 3.05) is 13.6 Å². The summed E-state index contributed by atoms with van der Waals surface area (Å²) in [6, 6.07) is 13.4. The molecule has 5 rings (SSSR count). The maximum atomic E-state index is 12.2. The van der Waals surface area contributed by atoms with Gasteiger partial charge in [0, 0.05) is 17.7 Å². The molecule has 0 bridgehead atoms. The Morgan fingerprint density at radius 2 is 1.44 bits per heavy atom. The average molecular weight is 436 g/mol. The van der Waals surface area contributed by atoms with Crippen molar-refractivity contribution in [2.24, 2.45) is 0 Å². The second-order valence-electron chi connectivity index (χ2n) is 7.55. The maximum Gasteiger partial charge on any atom is 0.343 e. The van der Waals surface area contributed by atoms with Crippen LogP contribution in [-0.2, 0) is 0 Å². The smallest absolute Gasteiger partial charge is 0.343 e. The van der Waals surface area contributed by atoms with Gasteiger partial charge in [0.2, 0.25) is 13.6 Å². The molecule has 0 aromatic heterocycles. The van der Waals surface area contributed by atoms with Crippen LogP contribution in [0.3, 0.4) is 0 Å². The second-order valence-corrected chi connectivity index (χ2v) is 7.55. The lowest BCUT2D eigenvalue weighted by Crippen LogP contribution is -2.04. The molecule has 8 heteroatoms. The number of carboxylic acids is 1. The van der Waals surface area contributed by atoms with Gasteiger partial charge in [0.05, 0.1) is 0 Å². The number of hydrogen-bond donors (Lipinski definition) is 1. The zero-order chi connectivity index (χ0) is 22.2. The van der Waals surface area contributed by atoms with Gasteiger partial charge in [-0.1, -0.05) is 19.9 Å². The van der Waals surface area contributed by atoms with Crippen molar-refractivity contribution in [1.29, 1.82) is 0 Å². The summed E-state index contributed by atoms with van der Waals surface area (Å²) in [7, 11) is 0. The molecule has 0 amide bonds. The van der Waals surface area contributed by atoms with Gasteiger partial charge >= 0.3 is 5.97 Å². The topological polar surface area (TPSA) is 92.7 Å². The third-order valence-electron chi connectivity index (χ3n) is 5.12. The van der Waals surface area contributed by atoms with E-state index in [-0.39, 0.29) is 36.6 Å². The van der Waals surface area contributed by atoms with E-state index in [4.69, 9.17) is 28.4 Å². The highest BCUT2D eigenvalue weighted by Crippen LogP contribution is 2.44. The van der Waals surface area contributed by atoms with Gasteiger partial charge < -0.3 is 33.5 Å². The Morgan fingerprint density at radius 3 is 2.12 bits per heavy atom. The van der Waals surface area contributed by atoms with Crippen LogP contribution in [-0.4, -0.2) is 24.7 Å². The summed E-state index contributed by atoms with van der Waals surface area (Å²) in [4.78, 5) is 12.2. The molecule has 2 heterocycles.